The van der Waals surface area contributed by atoms with Gasteiger partial charge in [-0.3, -0.25) is 9.59 Å². The van der Waals surface area contributed by atoms with E-state index in [9.17, 15) is 14.7 Å². The second-order valence-electron chi connectivity index (χ2n) is 5.70. The molecule has 0 bridgehead atoms. The first-order valence-electron chi connectivity index (χ1n) is 6.18. The van der Waals surface area contributed by atoms with Gasteiger partial charge in [0.05, 0.1) is 22.6 Å². The lowest BCUT2D eigenvalue weighted by atomic mass is 9.74. The van der Waals surface area contributed by atoms with E-state index in [1.54, 1.807) is 45.9 Å². The smallest absolute Gasteiger partial charge is 0.311 e. The number of nitrogens with zero attached hydrogens (tertiary/aromatic N) is 1. The second kappa shape index (κ2) is 5.33. The van der Waals surface area contributed by atoms with E-state index in [0.717, 1.165) is 0 Å². The van der Waals surface area contributed by atoms with Gasteiger partial charge in [-0.2, -0.15) is 5.26 Å². The number of aliphatic carboxylic acids is 1. The van der Waals surface area contributed by atoms with E-state index in [0.29, 0.717) is 11.1 Å². The molecule has 2 N–H and O–H groups in total. The molecule has 0 aliphatic heterocycles. The number of nitrogens with one attached hydrogen (secondary N) is 1. The largest absolute Gasteiger partial charge is 0.481 e. The summed E-state index contributed by atoms with van der Waals surface area (Å²) in [5.41, 5.74) is -1.36. The lowest BCUT2D eigenvalue weighted by Gasteiger charge is -2.38. The van der Waals surface area contributed by atoms with Gasteiger partial charge >= 0.3 is 5.97 Å². The molecule has 106 valence electrons. The number of hydrogen-bond acceptors (Lipinski definition) is 3. The number of benzene rings is 1. The summed E-state index contributed by atoms with van der Waals surface area (Å²) in [6.07, 6.45) is 0. The van der Waals surface area contributed by atoms with E-state index in [-0.39, 0.29) is 0 Å². The minimum absolute atomic E-state index is 0.332. The van der Waals surface area contributed by atoms with Crippen LogP contribution in [0.25, 0.3) is 0 Å². The third kappa shape index (κ3) is 2.97. The normalized spacial score (nSPS) is 11.6. The predicted molar refractivity (Wildman–Crippen MR) is 74.1 cm³/mol. The van der Waals surface area contributed by atoms with Gasteiger partial charge in [0, 0.05) is 5.56 Å². The van der Waals surface area contributed by atoms with Crippen molar-refractivity contribution in [3.8, 4) is 6.07 Å². The zero-order valence-corrected chi connectivity index (χ0v) is 12.0. The fourth-order valence-corrected chi connectivity index (χ4v) is 1.51. The van der Waals surface area contributed by atoms with E-state index < -0.39 is 22.8 Å². The molecule has 0 aromatic heterocycles. The highest BCUT2D eigenvalue weighted by Crippen LogP contribution is 2.31. The highest BCUT2D eigenvalue weighted by molar-refractivity contribution is 5.95. The van der Waals surface area contributed by atoms with Crippen LogP contribution in [0.2, 0.25) is 0 Å². The van der Waals surface area contributed by atoms with Gasteiger partial charge in [-0.05, 0) is 45.9 Å². The molecule has 0 aliphatic carbocycles. The molecule has 0 saturated carbocycles. The molecule has 1 aromatic carbocycles. The molecule has 0 fully saturated rings. The molecule has 0 saturated heterocycles. The van der Waals surface area contributed by atoms with E-state index in [1.807, 2.05) is 6.07 Å². The average molecular weight is 274 g/mol. The van der Waals surface area contributed by atoms with Crippen LogP contribution in [0.5, 0.6) is 0 Å². The molecule has 0 radical (unpaired) electrons. The minimum atomic E-state index is -1.13. The standard InChI is InChI=1S/C15H18N2O3/c1-14(2,13(19)20)15(3,4)17-12(18)11-7-5-6-10(8-11)9-16/h5-8H,1-4H3,(H,17,18)(H,19,20). The van der Waals surface area contributed by atoms with Gasteiger partial charge in [0.15, 0.2) is 0 Å². The molecular weight excluding hydrogens is 256 g/mol. The van der Waals surface area contributed by atoms with Crippen molar-refractivity contribution in [1.29, 1.82) is 5.26 Å². The summed E-state index contributed by atoms with van der Waals surface area (Å²) < 4.78 is 0. The van der Waals surface area contributed by atoms with Crippen molar-refractivity contribution in [1.82, 2.24) is 5.32 Å². The number of carboxylic acid groups (broad SMARTS) is 1. The predicted octanol–water partition coefficient (Wildman–Crippen LogP) is 2.18. The third-order valence-electron chi connectivity index (χ3n) is 3.78. The first-order chi connectivity index (χ1) is 9.11. The summed E-state index contributed by atoms with van der Waals surface area (Å²) >= 11 is 0. The summed E-state index contributed by atoms with van der Waals surface area (Å²) in [5, 5.41) is 20.8. The van der Waals surface area contributed by atoms with Crippen molar-refractivity contribution in [2.24, 2.45) is 5.41 Å². The summed E-state index contributed by atoms with van der Waals surface area (Å²) in [6, 6.07) is 8.23. The Bertz CT molecular complexity index is 583. The van der Waals surface area contributed by atoms with Gasteiger partial charge in [0.25, 0.3) is 5.91 Å². The van der Waals surface area contributed by atoms with Crippen molar-refractivity contribution in [3.05, 3.63) is 35.4 Å². The number of carboxylic acids is 1. The van der Waals surface area contributed by atoms with Gasteiger partial charge in [0.2, 0.25) is 0 Å². The van der Waals surface area contributed by atoms with Gasteiger partial charge in [-0.15, -0.1) is 0 Å². The number of rotatable bonds is 4. The van der Waals surface area contributed by atoms with Gasteiger partial charge in [-0.1, -0.05) is 6.07 Å². The molecule has 1 aromatic rings. The number of amides is 1. The van der Waals surface area contributed by atoms with Crippen LogP contribution in [0.1, 0.15) is 43.6 Å². The first kappa shape index (κ1) is 15.7. The van der Waals surface area contributed by atoms with Crippen LogP contribution in [0, 0.1) is 16.7 Å². The fraction of sp³-hybridized carbons (Fsp3) is 0.400. The Morgan fingerprint density at radius 1 is 1.25 bits per heavy atom. The topological polar surface area (TPSA) is 90.2 Å². The summed E-state index contributed by atoms with van der Waals surface area (Å²) in [5.74, 6) is -1.39. The fourth-order valence-electron chi connectivity index (χ4n) is 1.51. The second-order valence-corrected chi connectivity index (χ2v) is 5.70. The summed E-state index contributed by atoms with van der Waals surface area (Å²) in [7, 11) is 0. The third-order valence-corrected chi connectivity index (χ3v) is 3.78. The van der Waals surface area contributed by atoms with Gasteiger partial charge in [0.1, 0.15) is 0 Å². The van der Waals surface area contributed by atoms with Crippen molar-refractivity contribution in [3.63, 3.8) is 0 Å². The van der Waals surface area contributed by atoms with E-state index in [1.165, 1.54) is 6.07 Å². The molecule has 0 heterocycles. The molecule has 20 heavy (non-hydrogen) atoms. The monoisotopic (exact) mass is 274 g/mol. The van der Waals surface area contributed by atoms with Gasteiger partial charge < -0.3 is 10.4 Å². The van der Waals surface area contributed by atoms with Crippen molar-refractivity contribution in [2.45, 2.75) is 33.2 Å². The van der Waals surface area contributed by atoms with E-state index in [4.69, 9.17) is 5.26 Å². The first-order valence-corrected chi connectivity index (χ1v) is 6.18. The molecule has 0 spiro atoms. The Morgan fingerprint density at radius 3 is 2.35 bits per heavy atom. The van der Waals surface area contributed by atoms with Gasteiger partial charge in [-0.25, -0.2) is 0 Å². The van der Waals surface area contributed by atoms with Crippen molar-refractivity contribution >= 4 is 11.9 Å². The SMILES string of the molecule is CC(C)(NC(=O)c1cccc(C#N)c1)C(C)(C)C(=O)O. The number of nitriles is 1. The maximum Gasteiger partial charge on any atom is 0.311 e. The maximum absolute atomic E-state index is 12.2. The number of carbonyl (C=O) groups is 2. The van der Waals surface area contributed by atoms with E-state index in [2.05, 4.69) is 5.32 Å². The number of carbonyl (C=O) groups excluding carboxylic acids is 1. The van der Waals surface area contributed by atoms with Crippen LogP contribution in [0.15, 0.2) is 24.3 Å². The Labute approximate surface area is 118 Å². The molecule has 0 atom stereocenters. The van der Waals surface area contributed by atoms with Crippen LogP contribution < -0.4 is 5.32 Å². The molecule has 0 unspecified atom stereocenters. The Kier molecular flexibility index (Phi) is 4.19. The summed E-state index contributed by atoms with van der Waals surface area (Å²) in [4.78, 5) is 23.5. The van der Waals surface area contributed by atoms with Crippen LogP contribution in [0.3, 0.4) is 0 Å². The Hall–Kier alpha value is -2.35. The number of hydrogen-bond donors (Lipinski definition) is 2. The minimum Gasteiger partial charge on any atom is -0.481 e. The molecule has 0 aliphatic rings. The Morgan fingerprint density at radius 2 is 1.85 bits per heavy atom. The quantitative estimate of drug-likeness (QED) is 0.880. The Balaban J connectivity index is 3.01. The van der Waals surface area contributed by atoms with Crippen LogP contribution in [0.4, 0.5) is 0 Å². The highest BCUT2D eigenvalue weighted by Gasteiger charge is 2.44. The lowest BCUT2D eigenvalue weighted by Crippen LogP contribution is -2.56. The van der Waals surface area contributed by atoms with Crippen LogP contribution in [-0.2, 0) is 4.79 Å². The zero-order chi connectivity index (χ0) is 15.6. The maximum atomic E-state index is 12.2. The van der Waals surface area contributed by atoms with Crippen molar-refractivity contribution in [2.75, 3.05) is 0 Å². The molecular formula is C15H18N2O3. The van der Waals surface area contributed by atoms with Crippen LogP contribution in [-0.4, -0.2) is 22.5 Å². The molecule has 1 rings (SSSR count). The van der Waals surface area contributed by atoms with Crippen molar-refractivity contribution < 1.29 is 14.7 Å². The molecule has 5 heteroatoms. The molecule has 1 amide bonds. The highest BCUT2D eigenvalue weighted by atomic mass is 16.4. The molecule has 5 nitrogen and oxygen atoms in total. The zero-order valence-electron chi connectivity index (χ0n) is 12.0. The van der Waals surface area contributed by atoms with Crippen LogP contribution >= 0.6 is 0 Å². The average Bonchev–Trinajstić information content (AvgIpc) is 2.37. The lowest BCUT2D eigenvalue weighted by molar-refractivity contribution is -0.150. The van der Waals surface area contributed by atoms with E-state index >= 15 is 0 Å². The summed E-state index contributed by atoms with van der Waals surface area (Å²) in [6.45, 7) is 6.43.